The number of aliphatic carboxylic acids is 1. The number of nitrogens with zero attached hydrogens (tertiary/aromatic N) is 1. The summed E-state index contributed by atoms with van der Waals surface area (Å²) >= 11 is 0. The van der Waals surface area contributed by atoms with Crippen LogP contribution in [0.25, 0.3) is 0 Å². The van der Waals surface area contributed by atoms with Crippen LogP contribution in [0.1, 0.15) is 63.1 Å². The van der Waals surface area contributed by atoms with Gasteiger partial charge in [-0.3, -0.25) is 9.69 Å². The molecule has 2 atom stereocenters. The van der Waals surface area contributed by atoms with E-state index in [0.717, 1.165) is 30.4 Å². The molecule has 2 aromatic rings. The van der Waals surface area contributed by atoms with Crippen molar-refractivity contribution in [2.75, 3.05) is 13.6 Å². The summed E-state index contributed by atoms with van der Waals surface area (Å²) in [5.41, 5.74) is 2.21. The third-order valence-corrected chi connectivity index (χ3v) is 6.73. The number of fused-ring (bicyclic) bond motifs is 1. The van der Waals surface area contributed by atoms with E-state index in [2.05, 4.69) is 26.0 Å². The number of carbonyl (C=O) groups is 1. The minimum atomic E-state index is -0.829. The number of benzene rings is 2. The molecule has 0 amide bonds. The number of hydrogen-bond acceptors (Lipinski definition) is 3. The van der Waals surface area contributed by atoms with Gasteiger partial charge in [-0.2, -0.15) is 0 Å². The van der Waals surface area contributed by atoms with Crippen molar-refractivity contribution in [3.05, 3.63) is 71.0 Å². The summed E-state index contributed by atoms with van der Waals surface area (Å²) in [5, 5.41) is 9.28. The van der Waals surface area contributed by atoms with E-state index in [0.29, 0.717) is 13.0 Å². The second-order valence-electron chi connectivity index (χ2n) is 8.28. The topological polar surface area (TPSA) is 49.8 Å². The third-order valence-electron chi connectivity index (χ3n) is 6.73. The Morgan fingerprint density at radius 1 is 1.10 bits per heavy atom. The minimum Gasteiger partial charge on any atom is -0.480 e. The molecule has 0 spiro atoms. The van der Waals surface area contributed by atoms with E-state index in [1.807, 2.05) is 36.2 Å². The monoisotopic (exact) mass is 413 g/mol. The van der Waals surface area contributed by atoms with E-state index in [9.17, 15) is 14.3 Å². The molecule has 1 heterocycles. The lowest BCUT2D eigenvalue weighted by Crippen LogP contribution is -2.38. The van der Waals surface area contributed by atoms with Gasteiger partial charge in [-0.15, -0.1) is 0 Å². The van der Waals surface area contributed by atoms with Gasteiger partial charge >= 0.3 is 5.97 Å². The summed E-state index contributed by atoms with van der Waals surface area (Å²) in [5.74, 6) is -1.10. The lowest BCUT2D eigenvalue weighted by atomic mass is 9.80. The molecular weight excluding hydrogens is 381 g/mol. The fraction of sp³-hybridized carbons (Fsp3) is 0.480. The van der Waals surface area contributed by atoms with Crippen LogP contribution < -0.4 is 0 Å². The summed E-state index contributed by atoms with van der Waals surface area (Å²) in [7, 11) is 1.83. The van der Waals surface area contributed by atoms with Crippen LogP contribution in [-0.4, -0.2) is 35.6 Å². The smallest absolute Gasteiger partial charge is 0.320 e. The second kappa shape index (κ2) is 8.86. The number of halogens is 1. The van der Waals surface area contributed by atoms with Gasteiger partial charge in [0.1, 0.15) is 17.5 Å². The van der Waals surface area contributed by atoms with Crippen LogP contribution >= 0.6 is 0 Å². The number of ether oxygens (including phenoxy) is 1. The lowest BCUT2D eigenvalue weighted by molar-refractivity contribution is -0.142. The van der Waals surface area contributed by atoms with Gasteiger partial charge in [0, 0.05) is 0 Å². The molecule has 1 N–H and O–H groups in total. The summed E-state index contributed by atoms with van der Waals surface area (Å²) in [6.07, 6.45) is 3.14. The molecule has 0 saturated heterocycles. The first-order chi connectivity index (χ1) is 14.3. The first kappa shape index (κ1) is 22.4. The summed E-state index contributed by atoms with van der Waals surface area (Å²) in [6, 6.07) is 14.4. The first-order valence-electron chi connectivity index (χ1n) is 10.8. The van der Waals surface area contributed by atoms with Crippen molar-refractivity contribution in [2.45, 2.75) is 63.7 Å². The molecule has 2 aromatic carbocycles. The van der Waals surface area contributed by atoms with Gasteiger partial charge in [-0.1, -0.05) is 50.2 Å². The Bertz CT molecular complexity index is 878. The normalized spacial score (nSPS) is 20.9. The number of likely N-dealkylation sites (N-methyl/N-ethyl adjacent to an activating group) is 1. The number of carboxylic acids is 1. The predicted molar refractivity (Wildman–Crippen MR) is 116 cm³/mol. The fourth-order valence-electron chi connectivity index (χ4n) is 4.67. The van der Waals surface area contributed by atoms with Crippen LogP contribution in [0.4, 0.5) is 4.39 Å². The average Bonchev–Trinajstić information content (AvgIpc) is 3.05. The van der Waals surface area contributed by atoms with Crippen molar-refractivity contribution in [1.29, 1.82) is 0 Å². The van der Waals surface area contributed by atoms with E-state index in [4.69, 9.17) is 4.74 Å². The van der Waals surface area contributed by atoms with Crippen molar-refractivity contribution in [2.24, 2.45) is 0 Å². The Hall–Kier alpha value is -2.24. The highest BCUT2D eigenvalue weighted by atomic mass is 19.1. The van der Waals surface area contributed by atoms with E-state index >= 15 is 0 Å². The fourth-order valence-corrected chi connectivity index (χ4v) is 4.67. The van der Waals surface area contributed by atoms with Gasteiger partial charge in [0.25, 0.3) is 0 Å². The first-order valence-corrected chi connectivity index (χ1v) is 10.8. The Morgan fingerprint density at radius 3 is 2.27 bits per heavy atom. The largest absolute Gasteiger partial charge is 0.480 e. The van der Waals surface area contributed by atoms with Crippen molar-refractivity contribution in [3.8, 4) is 0 Å². The minimum absolute atomic E-state index is 0.271. The van der Waals surface area contributed by atoms with E-state index in [1.54, 1.807) is 6.92 Å². The van der Waals surface area contributed by atoms with E-state index in [1.165, 1.54) is 17.7 Å². The summed E-state index contributed by atoms with van der Waals surface area (Å²) < 4.78 is 20.7. The van der Waals surface area contributed by atoms with Crippen molar-refractivity contribution in [3.63, 3.8) is 0 Å². The number of carboxylic acid groups (broad SMARTS) is 1. The SMILES string of the molecule is CCC1(CC)OC(CCCN(C)C(C)C(=O)O)(c2ccc(F)cc2)c2ccccc21. The highest BCUT2D eigenvalue weighted by Crippen LogP contribution is 2.55. The molecule has 4 nitrogen and oxygen atoms in total. The highest BCUT2D eigenvalue weighted by molar-refractivity contribution is 5.72. The van der Waals surface area contributed by atoms with Crippen LogP contribution in [0, 0.1) is 5.82 Å². The Balaban J connectivity index is 2.00. The summed E-state index contributed by atoms with van der Waals surface area (Å²) in [6.45, 7) is 6.61. The molecular formula is C25H32FNO3. The molecule has 1 aliphatic heterocycles. The average molecular weight is 414 g/mol. The van der Waals surface area contributed by atoms with Gasteiger partial charge in [-0.05, 0) is 75.0 Å². The quantitative estimate of drug-likeness (QED) is 0.606. The van der Waals surface area contributed by atoms with E-state index < -0.39 is 17.6 Å². The molecule has 162 valence electrons. The zero-order chi connectivity index (χ0) is 21.9. The van der Waals surface area contributed by atoms with Crippen molar-refractivity contribution >= 4 is 5.97 Å². The van der Waals surface area contributed by atoms with Gasteiger partial charge in [-0.25, -0.2) is 4.39 Å². The summed E-state index contributed by atoms with van der Waals surface area (Å²) in [4.78, 5) is 13.1. The Morgan fingerprint density at radius 2 is 1.70 bits per heavy atom. The molecule has 0 saturated carbocycles. The zero-order valence-electron chi connectivity index (χ0n) is 18.3. The third kappa shape index (κ3) is 3.88. The molecule has 1 aliphatic rings. The maximum atomic E-state index is 13.7. The van der Waals surface area contributed by atoms with Crippen LogP contribution in [0.3, 0.4) is 0 Å². The lowest BCUT2D eigenvalue weighted by Gasteiger charge is -2.36. The Labute approximate surface area is 178 Å². The Kier molecular flexibility index (Phi) is 6.63. The molecule has 3 rings (SSSR count). The molecule has 30 heavy (non-hydrogen) atoms. The zero-order valence-corrected chi connectivity index (χ0v) is 18.3. The molecule has 2 unspecified atom stereocenters. The van der Waals surface area contributed by atoms with E-state index in [-0.39, 0.29) is 11.4 Å². The van der Waals surface area contributed by atoms with Crippen LogP contribution in [0.15, 0.2) is 48.5 Å². The van der Waals surface area contributed by atoms with Crippen LogP contribution in [0.2, 0.25) is 0 Å². The molecule has 0 bridgehead atoms. The molecule has 0 fully saturated rings. The highest BCUT2D eigenvalue weighted by Gasteiger charge is 2.52. The number of hydrogen-bond donors (Lipinski definition) is 1. The molecule has 5 heteroatoms. The molecule has 0 aromatic heterocycles. The standard InChI is InChI=1S/C25H32FNO3/c1-5-24(6-2)21-10-7-8-11-22(21)25(30-24,19-12-14-20(26)15-13-19)16-9-17-27(4)18(3)23(28)29/h7-8,10-15,18H,5-6,9,16-17H2,1-4H3,(H,28,29). The second-order valence-corrected chi connectivity index (χ2v) is 8.28. The maximum Gasteiger partial charge on any atom is 0.320 e. The number of rotatable bonds is 9. The van der Waals surface area contributed by atoms with Crippen molar-refractivity contribution < 1.29 is 19.0 Å². The van der Waals surface area contributed by atoms with Crippen LogP contribution in [-0.2, 0) is 20.7 Å². The predicted octanol–water partition coefficient (Wildman–Crippen LogP) is 5.30. The van der Waals surface area contributed by atoms with Crippen molar-refractivity contribution in [1.82, 2.24) is 4.90 Å². The van der Waals surface area contributed by atoms with Gasteiger partial charge in [0.05, 0.1) is 5.60 Å². The van der Waals surface area contributed by atoms with Gasteiger partial charge in [0.15, 0.2) is 0 Å². The maximum absolute atomic E-state index is 13.7. The van der Waals surface area contributed by atoms with Gasteiger partial charge in [0.2, 0.25) is 0 Å². The molecule has 0 aliphatic carbocycles. The van der Waals surface area contributed by atoms with Crippen LogP contribution in [0.5, 0.6) is 0 Å². The molecule has 0 radical (unpaired) electrons. The van der Waals surface area contributed by atoms with Gasteiger partial charge < -0.3 is 9.84 Å².